The van der Waals surface area contributed by atoms with Gasteiger partial charge in [-0.05, 0) is 48.5 Å². The molecule has 150 valence electrons. The minimum absolute atomic E-state index is 0.143. The van der Waals surface area contributed by atoms with Crippen LogP contribution in [0.3, 0.4) is 0 Å². The Hall–Kier alpha value is -4.20. The lowest BCUT2D eigenvalue weighted by Gasteiger charge is -2.14. The molecule has 2 heterocycles. The van der Waals surface area contributed by atoms with Crippen molar-refractivity contribution >= 4 is 22.6 Å². The summed E-state index contributed by atoms with van der Waals surface area (Å²) in [5.74, 6) is -1.24. The van der Waals surface area contributed by atoms with Gasteiger partial charge in [0.25, 0.3) is 11.5 Å². The summed E-state index contributed by atoms with van der Waals surface area (Å²) in [6, 6.07) is 14.9. The normalized spacial score (nSPS) is 10.7. The second-order valence-electron chi connectivity index (χ2n) is 6.40. The van der Waals surface area contributed by atoms with Crippen molar-refractivity contribution in [1.29, 1.82) is 0 Å². The van der Waals surface area contributed by atoms with Crippen LogP contribution in [0.4, 0.5) is 10.1 Å². The minimum atomic E-state index is -0.799. The third-order valence-corrected chi connectivity index (χ3v) is 4.55. The van der Waals surface area contributed by atoms with E-state index >= 15 is 0 Å². The van der Waals surface area contributed by atoms with Gasteiger partial charge in [0, 0.05) is 18.0 Å². The number of anilines is 1. The molecule has 30 heavy (non-hydrogen) atoms. The Morgan fingerprint density at radius 1 is 1.13 bits per heavy atom. The summed E-state index contributed by atoms with van der Waals surface area (Å²) in [5.41, 5.74) is -0.406. The molecule has 0 bridgehead atoms. The zero-order valence-corrected chi connectivity index (χ0v) is 15.8. The summed E-state index contributed by atoms with van der Waals surface area (Å²) in [5, 5.41) is 13.5. The molecule has 0 spiro atoms. The van der Waals surface area contributed by atoms with E-state index in [1.54, 1.807) is 36.4 Å². The van der Waals surface area contributed by atoms with Crippen molar-refractivity contribution in [3.8, 4) is 17.2 Å². The fourth-order valence-electron chi connectivity index (χ4n) is 3.13. The molecule has 4 rings (SSSR count). The van der Waals surface area contributed by atoms with Gasteiger partial charge in [0.15, 0.2) is 5.65 Å². The van der Waals surface area contributed by atoms with Gasteiger partial charge >= 0.3 is 0 Å². The molecule has 2 aromatic heterocycles. The number of nitrogens with zero attached hydrogens (tertiary/aromatic N) is 2. The first-order valence-corrected chi connectivity index (χ1v) is 8.93. The van der Waals surface area contributed by atoms with Crippen LogP contribution in [-0.2, 0) is 0 Å². The molecule has 2 aromatic carbocycles. The molecule has 0 saturated heterocycles. The van der Waals surface area contributed by atoms with Gasteiger partial charge in [-0.3, -0.25) is 14.2 Å². The van der Waals surface area contributed by atoms with Gasteiger partial charge in [-0.25, -0.2) is 9.37 Å². The van der Waals surface area contributed by atoms with Crippen molar-refractivity contribution < 1.29 is 19.0 Å². The lowest BCUT2D eigenvalue weighted by molar-refractivity contribution is 0.102. The van der Waals surface area contributed by atoms with Crippen molar-refractivity contribution in [1.82, 2.24) is 9.55 Å². The predicted octanol–water partition coefficient (Wildman–Crippen LogP) is 3.49. The number of pyridine rings is 2. The number of ether oxygens (including phenoxy) is 1. The number of aromatic hydroxyl groups is 1. The smallest absolute Gasteiger partial charge is 0.273 e. The zero-order chi connectivity index (χ0) is 21.3. The number of fused-ring (bicyclic) bond motifs is 1. The molecule has 0 aliphatic heterocycles. The first kappa shape index (κ1) is 19.1. The monoisotopic (exact) mass is 405 g/mol. The Bertz CT molecular complexity index is 1320. The molecule has 0 saturated carbocycles. The third-order valence-electron chi connectivity index (χ3n) is 4.55. The van der Waals surface area contributed by atoms with Gasteiger partial charge in [-0.1, -0.05) is 6.07 Å². The maximum Gasteiger partial charge on any atom is 0.273 e. The van der Waals surface area contributed by atoms with E-state index in [-0.39, 0.29) is 11.0 Å². The lowest BCUT2D eigenvalue weighted by atomic mass is 10.1. The maximum absolute atomic E-state index is 13.4. The molecular formula is C22H16FN3O4. The molecule has 0 fully saturated rings. The predicted molar refractivity (Wildman–Crippen MR) is 110 cm³/mol. The van der Waals surface area contributed by atoms with Gasteiger partial charge in [0.2, 0.25) is 0 Å². The molecule has 0 aliphatic rings. The van der Waals surface area contributed by atoms with Gasteiger partial charge in [-0.15, -0.1) is 0 Å². The first-order valence-electron chi connectivity index (χ1n) is 8.93. The number of carbonyl (C=O) groups excluding carboxylic acids is 1. The number of amides is 1. The van der Waals surface area contributed by atoms with E-state index in [0.717, 1.165) is 4.57 Å². The number of halogens is 1. The molecule has 0 atom stereocenters. The summed E-state index contributed by atoms with van der Waals surface area (Å²) in [6.45, 7) is 0. The highest BCUT2D eigenvalue weighted by Crippen LogP contribution is 2.27. The van der Waals surface area contributed by atoms with E-state index < -0.39 is 28.6 Å². The number of methoxy groups -OCH3 is 1. The van der Waals surface area contributed by atoms with Gasteiger partial charge in [0.05, 0.1) is 18.2 Å². The summed E-state index contributed by atoms with van der Waals surface area (Å²) in [4.78, 5) is 30.3. The van der Waals surface area contributed by atoms with Gasteiger partial charge in [-0.2, -0.15) is 0 Å². The molecule has 8 heteroatoms. The molecular weight excluding hydrogens is 389 g/mol. The Kier molecular flexibility index (Phi) is 4.89. The van der Waals surface area contributed by atoms with E-state index in [4.69, 9.17) is 4.74 Å². The van der Waals surface area contributed by atoms with Crippen LogP contribution in [0.25, 0.3) is 16.7 Å². The van der Waals surface area contributed by atoms with Crippen LogP contribution in [0.5, 0.6) is 11.5 Å². The van der Waals surface area contributed by atoms with E-state index in [2.05, 4.69) is 10.3 Å². The number of hydrogen-bond donors (Lipinski definition) is 2. The topological polar surface area (TPSA) is 93.4 Å². The summed E-state index contributed by atoms with van der Waals surface area (Å²) in [7, 11) is 1.49. The van der Waals surface area contributed by atoms with E-state index in [1.807, 2.05) is 0 Å². The van der Waals surface area contributed by atoms with Crippen LogP contribution in [0.15, 0.2) is 71.7 Å². The van der Waals surface area contributed by atoms with Crippen LogP contribution in [0, 0.1) is 5.82 Å². The second kappa shape index (κ2) is 7.67. The molecule has 0 aliphatic carbocycles. The van der Waals surface area contributed by atoms with Crippen LogP contribution >= 0.6 is 0 Å². The Morgan fingerprint density at radius 3 is 2.63 bits per heavy atom. The van der Waals surface area contributed by atoms with E-state index in [1.165, 1.54) is 37.6 Å². The fraction of sp³-hybridized carbons (Fsp3) is 0.0455. The molecule has 0 unspecified atom stereocenters. The highest BCUT2D eigenvalue weighted by atomic mass is 19.1. The number of aromatic nitrogens is 2. The highest BCUT2D eigenvalue weighted by molar-refractivity contribution is 6.09. The number of rotatable bonds is 4. The quantitative estimate of drug-likeness (QED) is 0.542. The Balaban J connectivity index is 1.90. The van der Waals surface area contributed by atoms with Crippen LogP contribution in [0.2, 0.25) is 0 Å². The second-order valence-corrected chi connectivity index (χ2v) is 6.40. The van der Waals surface area contributed by atoms with Crippen molar-refractivity contribution in [3.63, 3.8) is 0 Å². The largest absolute Gasteiger partial charge is 0.506 e. The molecule has 2 N–H and O–H groups in total. The SMILES string of the molecule is COc1cccc(NC(=O)c2c(O)c3cccnc3n(-c3ccc(F)cc3)c2=O)c1. The van der Waals surface area contributed by atoms with Crippen molar-refractivity contribution in [2.75, 3.05) is 12.4 Å². The number of hydrogen-bond acceptors (Lipinski definition) is 5. The lowest BCUT2D eigenvalue weighted by Crippen LogP contribution is -2.29. The van der Waals surface area contributed by atoms with E-state index in [0.29, 0.717) is 17.1 Å². The molecule has 7 nitrogen and oxygen atoms in total. The first-order chi connectivity index (χ1) is 14.5. The maximum atomic E-state index is 13.4. The van der Waals surface area contributed by atoms with Crippen molar-refractivity contribution in [2.45, 2.75) is 0 Å². The van der Waals surface area contributed by atoms with Crippen molar-refractivity contribution in [3.05, 3.63) is 88.6 Å². The summed E-state index contributed by atoms with van der Waals surface area (Å²) < 4.78 is 19.7. The van der Waals surface area contributed by atoms with Crippen LogP contribution in [-0.4, -0.2) is 27.7 Å². The minimum Gasteiger partial charge on any atom is -0.506 e. The number of benzene rings is 2. The van der Waals surface area contributed by atoms with Crippen LogP contribution < -0.4 is 15.6 Å². The van der Waals surface area contributed by atoms with Crippen molar-refractivity contribution in [2.24, 2.45) is 0 Å². The van der Waals surface area contributed by atoms with E-state index in [9.17, 15) is 19.1 Å². The average Bonchev–Trinajstić information content (AvgIpc) is 2.75. The fourth-order valence-corrected chi connectivity index (χ4v) is 3.13. The standard InChI is InChI=1S/C22H16FN3O4/c1-30-16-5-2-4-14(12-16)25-21(28)18-19(27)17-6-3-11-24-20(17)26(22(18)29)15-9-7-13(23)8-10-15/h2-12,27H,1H3,(H,25,28). The summed E-state index contributed by atoms with van der Waals surface area (Å²) >= 11 is 0. The molecule has 0 radical (unpaired) electrons. The molecule has 1 amide bonds. The number of nitrogens with one attached hydrogen (secondary N) is 1. The molecule has 4 aromatic rings. The Labute approximate surface area is 170 Å². The summed E-state index contributed by atoms with van der Waals surface area (Å²) in [6.07, 6.45) is 1.46. The zero-order valence-electron chi connectivity index (χ0n) is 15.8. The van der Waals surface area contributed by atoms with Gasteiger partial charge < -0.3 is 15.2 Å². The number of carbonyl (C=O) groups is 1. The van der Waals surface area contributed by atoms with Crippen LogP contribution in [0.1, 0.15) is 10.4 Å². The third kappa shape index (κ3) is 3.35. The Morgan fingerprint density at radius 2 is 1.90 bits per heavy atom. The highest BCUT2D eigenvalue weighted by Gasteiger charge is 2.23. The van der Waals surface area contributed by atoms with Gasteiger partial charge in [0.1, 0.15) is 22.9 Å². The average molecular weight is 405 g/mol.